The van der Waals surface area contributed by atoms with Gasteiger partial charge in [0.15, 0.2) is 5.66 Å². The molecule has 1 saturated carbocycles. The molecule has 1 amide bonds. The van der Waals surface area contributed by atoms with Gasteiger partial charge in [0.1, 0.15) is 22.3 Å². The summed E-state index contributed by atoms with van der Waals surface area (Å²) in [4.78, 5) is 23.8. The van der Waals surface area contributed by atoms with Crippen molar-refractivity contribution in [1.29, 1.82) is 0 Å². The summed E-state index contributed by atoms with van der Waals surface area (Å²) in [6, 6.07) is 9.41. The van der Waals surface area contributed by atoms with Crippen molar-refractivity contribution < 1.29 is 14.3 Å². The number of rotatable bonds is 6. The summed E-state index contributed by atoms with van der Waals surface area (Å²) in [5.41, 5.74) is 1.25. The third kappa shape index (κ3) is 4.70. The van der Waals surface area contributed by atoms with E-state index >= 15 is 0 Å². The highest BCUT2D eigenvalue weighted by Crippen LogP contribution is 2.39. The van der Waals surface area contributed by atoms with E-state index in [2.05, 4.69) is 16.8 Å². The molecule has 0 radical (unpaired) electrons. The van der Waals surface area contributed by atoms with Gasteiger partial charge in [-0.1, -0.05) is 24.2 Å². The van der Waals surface area contributed by atoms with Crippen LogP contribution in [-0.2, 0) is 4.79 Å². The predicted octanol–water partition coefficient (Wildman–Crippen LogP) is 5.00. The first-order chi connectivity index (χ1) is 14.6. The molecular formula is C22H25N3O3S2. The van der Waals surface area contributed by atoms with Crippen LogP contribution in [0, 0.1) is 0 Å². The van der Waals surface area contributed by atoms with Gasteiger partial charge in [-0.15, -0.1) is 11.3 Å². The molecule has 1 aromatic heterocycles. The monoisotopic (exact) mass is 443 g/mol. The van der Waals surface area contributed by atoms with E-state index in [0.29, 0.717) is 17.2 Å². The van der Waals surface area contributed by atoms with E-state index in [1.807, 2.05) is 6.07 Å². The van der Waals surface area contributed by atoms with Gasteiger partial charge in [0, 0.05) is 23.9 Å². The van der Waals surface area contributed by atoms with Crippen molar-refractivity contribution in [1.82, 2.24) is 0 Å². The number of nitrogens with one attached hydrogen (secondary N) is 1. The first kappa shape index (κ1) is 20.9. The summed E-state index contributed by atoms with van der Waals surface area (Å²) in [6.07, 6.45) is 5.53. The molecule has 6 nitrogen and oxygen atoms in total. The number of hydrogen-bond acceptors (Lipinski definition) is 7. The van der Waals surface area contributed by atoms with E-state index in [9.17, 15) is 4.79 Å². The van der Waals surface area contributed by atoms with Crippen LogP contribution in [0.3, 0.4) is 0 Å². The fraction of sp³-hybridized carbons (Fsp3) is 0.409. The molecule has 0 bridgehead atoms. The second kappa shape index (κ2) is 9.22. The molecule has 1 aliphatic heterocycles. The fourth-order valence-corrected chi connectivity index (χ4v) is 5.40. The zero-order chi connectivity index (χ0) is 21.0. The molecule has 2 aliphatic rings. The standard InChI is InChI=1S/C22H25N3O3S2/c1-27-16-11-15(12-17(13-16)28-2)23-19(26)14-30-21-20(18-7-6-10-29-18)24-22(25-21)8-4-3-5-9-22/h6-7,10-13H,3-5,8-9,14H2,1-2H3,(H,23,26). The SMILES string of the molecule is COc1cc(NC(=O)CSC2=NC3(CCCCC3)N=C2c2cccs2)cc(OC)c1. The lowest BCUT2D eigenvalue weighted by atomic mass is 9.90. The van der Waals surface area contributed by atoms with Crippen LogP contribution in [-0.4, -0.2) is 42.3 Å². The number of thiophene rings is 1. The summed E-state index contributed by atoms with van der Waals surface area (Å²) < 4.78 is 10.5. The van der Waals surface area contributed by atoms with E-state index in [1.165, 1.54) is 18.2 Å². The van der Waals surface area contributed by atoms with Crippen molar-refractivity contribution in [3.05, 3.63) is 40.6 Å². The van der Waals surface area contributed by atoms with Crippen molar-refractivity contribution in [2.24, 2.45) is 9.98 Å². The number of aliphatic imine (C=N–C) groups is 2. The summed E-state index contributed by atoms with van der Waals surface area (Å²) in [6.45, 7) is 0. The second-order valence-corrected chi connectivity index (χ2v) is 9.25. The molecule has 1 fully saturated rings. The molecule has 0 saturated heterocycles. The quantitative estimate of drug-likeness (QED) is 0.682. The molecule has 8 heteroatoms. The lowest BCUT2D eigenvalue weighted by molar-refractivity contribution is -0.113. The van der Waals surface area contributed by atoms with Crippen molar-refractivity contribution >= 4 is 45.4 Å². The minimum Gasteiger partial charge on any atom is -0.497 e. The molecule has 30 heavy (non-hydrogen) atoms. The van der Waals surface area contributed by atoms with Gasteiger partial charge in [0.05, 0.1) is 24.8 Å². The largest absolute Gasteiger partial charge is 0.497 e. The predicted molar refractivity (Wildman–Crippen MR) is 125 cm³/mol. The number of carbonyl (C=O) groups excluding carboxylic acids is 1. The number of methoxy groups -OCH3 is 2. The molecule has 1 aliphatic carbocycles. The smallest absolute Gasteiger partial charge is 0.234 e. The van der Waals surface area contributed by atoms with Crippen molar-refractivity contribution in [3.63, 3.8) is 0 Å². The molecule has 2 heterocycles. The summed E-state index contributed by atoms with van der Waals surface area (Å²) in [5.74, 6) is 1.42. The van der Waals surface area contributed by atoms with E-state index in [4.69, 9.17) is 19.5 Å². The number of carbonyl (C=O) groups is 1. The Morgan fingerprint density at radius 1 is 1.13 bits per heavy atom. The van der Waals surface area contributed by atoms with E-state index in [1.54, 1.807) is 43.8 Å². The molecule has 2 aromatic rings. The molecular weight excluding hydrogens is 418 g/mol. The number of thioether (sulfide) groups is 1. The Morgan fingerprint density at radius 3 is 2.50 bits per heavy atom. The van der Waals surface area contributed by atoms with Gasteiger partial charge in [-0.2, -0.15) is 0 Å². The Hall–Kier alpha value is -2.32. The Balaban J connectivity index is 1.46. The van der Waals surface area contributed by atoms with Gasteiger partial charge in [-0.05, 0) is 37.1 Å². The number of amides is 1. The molecule has 1 N–H and O–H groups in total. The number of nitrogens with zero attached hydrogens (tertiary/aromatic N) is 2. The topological polar surface area (TPSA) is 72.3 Å². The van der Waals surface area contributed by atoms with Crippen molar-refractivity contribution in [2.45, 2.75) is 37.8 Å². The Kier molecular flexibility index (Phi) is 6.43. The van der Waals surface area contributed by atoms with E-state index < -0.39 is 0 Å². The maximum atomic E-state index is 12.6. The van der Waals surface area contributed by atoms with Crippen molar-refractivity contribution in [2.75, 3.05) is 25.3 Å². The van der Waals surface area contributed by atoms with Gasteiger partial charge in [0.2, 0.25) is 5.91 Å². The average molecular weight is 444 g/mol. The molecule has 4 rings (SSSR count). The average Bonchev–Trinajstić information content (AvgIpc) is 3.41. The van der Waals surface area contributed by atoms with Crippen molar-refractivity contribution in [3.8, 4) is 11.5 Å². The molecule has 1 spiro atoms. The van der Waals surface area contributed by atoms with Crippen LogP contribution >= 0.6 is 23.1 Å². The first-order valence-electron chi connectivity index (χ1n) is 10.0. The molecule has 158 valence electrons. The number of ether oxygens (including phenoxy) is 2. The van der Waals surface area contributed by atoms with Crippen LogP contribution in [0.4, 0.5) is 5.69 Å². The van der Waals surface area contributed by atoms with Crippen LogP contribution in [0.15, 0.2) is 45.7 Å². The Bertz CT molecular complexity index is 942. The minimum absolute atomic E-state index is 0.104. The zero-order valence-corrected chi connectivity index (χ0v) is 18.8. The third-order valence-corrected chi connectivity index (χ3v) is 7.06. The minimum atomic E-state index is -0.323. The van der Waals surface area contributed by atoms with E-state index in [-0.39, 0.29) is 17.3 Å². The number of hydrogen-bond donors (Lipinski definition) is 1. The van der Waals surface area contributed by atoms with Crippen LogP contribution in [0.25, 0.3) is 0 Å². The van der Waals surface area contributed by atoms with Crippen LogP contribution < -0.4 is 14.8 Å². The summed E-state index contributed by atoms with van der Waals surface area (Å²) in [7, 11) is 3.17. The Labute approximate surface area is 184 Å². The molecule has 1 aromatic carbocycles. The second-order valence-electron chi connectivity index (χ2n) is 7.34. The highest BCUT2D eigenvalue weighted by atomic mass is 32.2. The number of benzene rings is 1. The Morgan fingerprint density at radius 2 is 1.87 bits per heavy atom. The van der Waals surface area contributed by atoms with Gasteiger partial charge < -0.3 is 14.8 Å². The summed E-state index contributed by atoms with van der Waals surface area (Å²) >= 11 is 3.12. The lowest BCUT2D eigenvalue weighted by Gasteiger charge is -2.27. The third-order valence-electron chi connectivity index (χ3n) is 5.22. The highest BCUT2D eigenvalue weighted by Gasteiger charge is 2.38. The van der Waals surface area contributed by atoms with Gasteiger partial charge in [0.25, 0.3) is 0 Å². The lowest BCUT2D eigenvalue weighted by Crippen LogP contribution is -2.25. The maximum Gasteiger partial charge on any atom is 0.234 e. The van der Waals surface area contributed by atoms with Crippen LogP contribution in [0.2, 0.25) is 0 Å². The first-order valence-corrected chi connectivity index (χ1v) is 11.9. The maximum absolute atomic E-state index is 12.6. The molecule has 0 atom stereocenters. The van der Waals surface area contributed by atoms with Gasteiger partial charge in [-0.3, -0.25) is 9.79 Å². The van der Waals surface area contributed by atoms with Crippen LogP contribution in [0.5, 0.6) is 11.5 Å². The zero-order valence-electron chi connectivity index (χ0n) is 17.1. The number of anilines is 1. The fourth-order valence-electron chi connectivity index (χ4n) is 3.75. The van der Waals surface area contributed by atoms with E-state index in [0.717, 1.165) is 41.3 Å². The van der Waals surface area contributed by atoms with Gasteiger partial charge >= 0.3 is 0 Å². The van der Waals surface area contributed by atoms with Crippen LogP contribution in [0.1, 0.15) is 37.0 Å². The normalized spacial score (nSPS) is 17.4. The van der Waals surface area contributed by atoms with Gasteiger partial charge in [-0.25, -0.2) is 4.99 Å². The summed E-state index contributed by atoms with van der Waals surface area (Å²) in [5, 5.41) is 5.85. The molecule has 0 unspecified atom stereocenters. The highest BCUT2D eigenvalue weighted by molar-refractivity contribution is 8.16.